The van der Waals surface area contributed by atoms with Crippen LogP contribution in [0.25, 0.3) is 0 Å². The van der Waals surface area contributed by atoms with Gasteiger partial charge in [-0.2, -0.15) is 0 Å². The first kappa shape index (κ1) is 12.4. The zero-order chi connectivity index (χ0) is 11.3. The molecule has 5 nitrogen and oxygen atoms in total. The molecule has 5 heteroatoms. The van der Waals surface area contributed by atoms with E-state index < -0.39 is 6.10 Å². The molecular weight excluding hydrogens is 196 g/mol. The van der Waals surface area contributed by atoms with Crippen LogP contribution in [0.15, 0.2) is 0 Å². The maximum atomic E-state index is 11.6. The van der Waals surface area contributed by atoms with Crippen LogP contribution in [0.5, 0.6) is 0 Å². The number of hydrogen-bond acceptors (Lipinski definition) is 4. The van der Waals surface area contributed by atoms with Gasteiger partial charge in [-0.3, -0.25) is 4.79 Å². The largest absolute Gasteiger partial charge is 0.376 e. The lowest BCUT2D eigenvalue weighted by atomic mass is 9.94. The van der Waals surface area contributed by atoms with E-state index >= 15 is 0 Å². The van der Waals surface area contributed by atoms with Gasteiger partial charge in [0, 0.05) is 6.54 Å². The molecule has 1 amide bonds. The summed E-state index contributed by atoms with van der Waals surface area (Å²) in [6.45, 7) is 6.50. The lowest BCUT2D eigenvalue weighted by Crippen LogP contribution is -2.46. The second-order valence-electron chi connectivity index (χ2n) is 4.52. The van der Waals surface area contributed by atoms with Gasteiger partial charge in [0.2, 0.25) is 0 Å². The predicted molar refractivity (Wildman–Crippen MR) is 56.4 cm³/mol. The third kappa shape index (κ3) is 4.15. The Labute approximate surface area is 90.3 Å². The molecule has 3 N–H and O–H groups in total. The zero-order valence-corrected chi connectivity index (χ0v) is 9.41. The monoisotopic (exact) mass is 216 g/mol. The molecule has 88 valence electrons. The molecule has 1 unspecified atom stereocenters. The minimum absolute atomic E-state index is 0.0782. The summed E-state index contributed by atoms with van der Waals surface area (Å²) in [6, 6.07) is 0. The summed E-state index contributed by atoms with van der Waals surface area (Å²) in [7, 11) is 0. The molecule has 0 radical (unpaired) electrons. The minimum atomic E-state index is -0.465. The molecule has 1 atom stereocenters. The Hall–Kier alpha value is -0.650. The van der Waals surface area contributed by atoms with Gasteiger partial charge in [-0.25, -0.2) is 0 Å². The number of hydrogen-bond donors (Lipinski definition) is 2. The highest BCUT2D eigenvalue weighted by atomic mass is 16.6. The zero-order valence-electron chi connectivity index (χ0n) is 9.41. The van der Waals surface area contributed by atoms with Gasteiger partial charge in [0.15, 0.2) is 6.10 Å². The van der Waals surface area contributed by atoms with Crippen molar-refractivity contribution in [3.63, 3.8) is 0 Å². The van der Waals surface area contributed by atoms with E-state index in [0.717, 1.165) is 0 Å². The lowest BCUT2D eigenvalue weighted by Gasteiger charge is -2.26. The van der Waals surface area contributed by atoms with Gasteiger partial charge < -0.3 is 20.5 Å². The highest BCUT2D eigenvalue weighted by molar-refractivity contribution is 5.81. The molecule has 1 aliphatic rings. The number of rotatable bonds is 4. The standard InChI is InChI=1S/C10H20N2O3/c1-10(2,6-11)7-12-9(13)8-5-14-3-4-15-8/h8H,3-7,11H2,1-2H3,(H,12,13). The maximum absolute atomic E-state index is 11.6. The van der Waals surface area contributed by atoms with Crippen LogP contribution < -0.4 is 11.1 Å². The van der Waals surface area contributed by atoms with Crippen LogP contribution in [-0.2, 0) is 14.3 Å². The van der Waals surface area contributed by atoms with Gasteiger partial charge in [-0.1, -0.05) is 13.8 Å². The molecule has 0 aromatic heterocycles. The summed E-state index contributed by atoms with van der Waals surface area (Å²) in [5, 5.41) is 2.82. The van der Waals surface area contributed by atoms with E-state index in [1.54, 1.807) is 0 Å². The summed E-state index contributed by atoms with van der Waals surface area (Å²) in [5.74, 6) is -0.115. The highest BCUT2D eigenvalue weighted by Gasteiger charge is 2.24. The van der Waals surface area contributed by atoms with Crippen molar-refractivity contribution >= 4 is 5.91 Å². The topological polar surface area (TPSA) is 73.6 Å². The summed E-state index contributed by atoms with van der Waals surface area (Å²) in [4.78, 5) is 11.6. The van der Waals surface area contributed by atoms with Gasteiger partial charge in [0.05, 0.1) is 19.8 Å². The number of nitrogens with two attached hydrogens (primary N) is 1. The van der Waals surface area contributed by atoms with Crippen LogP contribution in [0.1, 0.15) is 13.8 Å². The molecule has 0 aliphatic carbocycles. The third-order valence-electron chi connectivity index (χ3n) is 2.40. The first-order chi connectivity index (χ1) is 7.05. The quantitative estimate of drug-likeness (QED) is 0.664. The molecule has 1 aliphatic heterocycles. The van der Waals surface area contributed by atoms with Crippen LogP contribution in [-0.4, -0.2) is 44.9 Å². The molecule has 0 aromatic carbocycles. The van der Waals surface area contributed by atoms with E-state index in [0.29, 0.717) is 32.9 Å². The predicted octanol–water partition coefficient (Wildman–Crippen LogP) is -0.497. The van der Waals surface area contributed by atoms with Crippen molar-refractivity contribution in [1.82, 2.24) is 5.32 Å². The van der Waals surface area contributed by atoms with Crippen molar-refractivity contribution in [1.29, 1.82) is 0 Å². The normalized spacial score (nSPS) is 22.5. The smallest absolute Gasteiger partial charge is 0.251 e. The Morgan fingerprint density at radius 3 is 2.80 bits per heavy atom. The van der Waals surface area contributed by atoms with E-state index in [-0.39, 0.29) is 11.3 Å². The molecular formula is C10H20N2O3. The maximum Gasteiger partial charge on any atom is 0.251 e. The summed E-state index contributed by atoms with van der Waals surface area (Å²) in [6.07, 6.45) is -0.465. The van der Waals surface area contributed by atoms with Crippen LogP contribution in [0, 0.1) is 5.41 Å². The van der Waals surface area contributed by atoms with Gasteiger partial charge in [-0.05, 0) is 12.0 Å². The van der Waals surface area contributed by atoms with Crippen molar-refractivity contribution in [2.45, 2.75) is 20.0 Å². The van der Waals surface area contributed by atoms with Crippen molar-refractivity contribution < 1.29 is 14.3 Å². The molecule has 1 heterocycles. The van der Waals surface area contributed by atoms with E-state index in [4.69, 9.17) is 15.2 Å². The summed E-state index contributed by atoms with van der Waals surface area (Å²) in [5.41, 5.74) is 5.49. The lowest BCUT2D eigenvalue weighted by molar-refractivity contribution is -0.147. The molecule has 0 bridgehead atoms. The average Bonchev–Trinajstić information content (AvgIpc) is 2.27. The second-order valence-corrected chi connectivity index (χ2v) is 4.52. The highest BCUT2D eigenvalue weighted by Crippen LogP contribution is 2.10. The van der Waals surface area contributed by atoms with Gasteiger partial charge in [0.25, 0.3) is 5.91 Å². The Bertz CT molecular complexity index is 213. The van der Waals surface area contributed by atoms with Crippen LogP contribution >= 0.6 is 0 Å². The molecule has 1 rings (SSSR count). The molecule has 0 spiro atoms. The Balaban J connectivity index is 2.28. The number of carbonyl (C=O) groups is 1. The molecule has 0 aromatic rings. The Kier molecular flexibility index (Phi) is 4.50. The fraction of sp³-hybridized carbons (Fsp3) is 0.900. The second kappa shape index (κ2) is 5.44. The van der Waals surface area contributed by atoms with Crippen molar-refractivity contribution in [2.75, 3.05) is 32.9 Å². The van der Waals surface area contributed by atoms with E-state index in [2.05, 4.69) is 5.32 Å². The van der Waals surface area contributed by atoms with Crippen molar-refractivity contribution in [2.24, 2.45) is 11.1 Å². The van der Waals surface area contributed by atoms with Gasteiger partial charge in [-0.15, -0.1) is 0 Å². The number of carbonyl (C=O) groups excluding carboxylic acids is 1. The molecule has 1 saturated heterocycles. The SMILES string of the molecule is CC(C)(CN)CNC(=O)C1COCCO1. The van der Waals surface area contributed by atoms with Crippen molar-refractivity contribution in [3.05, 3.63) is 0 Å². The van der Waals surface area contributed by atoms with Crippen LogP contribution in [0.4, 0.5) is 0 Å². The fourth-order valence-corrected chi connectivity index (χ4v) is 1.15. The average molecular weight is 216 g/mol. The summed E-state index contributed by atoms with van der Waals surface area (Å²) >= 11 is 0. The van der Waals surface area contributed by atoms with Crippen molar-refractivity contribution in [3.8, 4) is 0 Å². The Morgan fingerprint density at radius 2 is 2.27 bits per heavy atom. The first-order valence-corrected chi connectivity index (χ1v) is 5.22. The number of ether oxygens (including phenoxy) is 2. The van der Waals surface area contributed by atoms with Crippen LogP contribution in [0.2, 0.25) is 0 Å². The molecule has 1 fully saturated rings. The fourth-order valence-electron chi connectivity index (χ4n) is 1.15. The van der Waals surface area contributed by atoms with E-state index in [9.17, 15) is 4.79 Å². The Morgan fingerprint density at radius 1 is 1.53 bits per heavy atom. The van der Waals surface area contributed by atoms with Gasteiger partial charge in [0.1, 0.15) is 0 Å². The molecule has 15 heavy (non-hydrogen) atoms. The minimum Gasteiger partial charge on any atom is -0.376 e. The summed E-state index contributed by atoms with van der Waals surface area (Å²) < 4.78 is 10.4. The third-order valence-corrected chi connectivity index (χ3v) is 2.40. The van der Waals surface area contributed by atoms with E-state index in [1.165, 1.54) is 0 Å². The van der Waals surface area contributed by atoms with Crippen LogP contribution in [0.3, 0.4) is 0 Å². The number of amides is 1. The van der Waals surface area contributed by atoms with Gasteiger partial charge >= 0.3 is 0 Å². The number of nitrogens with one attached hydrogen (secondary N) is 1. The molecule has 0 saturated carbocycles. The van der Waals surface area contributed by atoms with E-state index in [1.807, 2.05) is 13.8 Å². The first-order valence-electron chi connectivity index (χ1n) is 5.22.